The molecule has 0 aliphatic carbocycles. The van der Waals surface area contributed by atoms with E-state index in [4.69, 9.17) is 0 Å². The molecule has 152 valence electrons. The predicted molar refractivity (Wildman–Crippen MR) is 108 cm³/mol. The third-order valence-electron chi connectivity index (χ3n) is 4.32. The molecule has 0 saturated carbocycles. The summed E-state index contributed by atoms with van der Waals surface area (Å²) >= 11 is 0. The van der Waals surface area contributed by atoms with Gasteiger partial charge in [0.25, 0.3) is 5.91 Å². The average Bonchev–Trinajstić information content (AvgIpc) is 3.08. The Morgan fingerprint density at radius 3 is 2.52 bits per heavy atom. The Kier molecular flexibility index (Phi) is 6.09. The summed E-state index contributed by atoms with van der Waals surface area (Å²) in [4.78, 5) is 16.5. The zero-order valence-corrected chi connectivity index (χ0v) is 16.8. The van der Waals surface area contributed by atoms with Crippen molar-refractivity contribution in [3.63, 3.8) is 0 Å². The second-order valence-corrected chi connectivity index (χ2v) is 8.16. The summed E-state index contributed by atoms with van der Waals surface area (Å²) in [6, 6.07) is 10.2. The number of carbonyl (C=O) groups is 1. The van der Waals surface area contributed by atoms with Crippen LogP contribution in [0.3, 0.4) is 0 Å². The lowest BCUT2D eigenvalue weighted by atomic mass is 10.1. The molecular formula is C20H21FN4O3S. The summed E-state index contributed by atoms with van der Waals surface area (Å²) in [7, 11) is -3.79. The molecule has 2 aromatic carbocycles. The van der Waals surface area contributed by atoms with Crippen molar-refractivity contribution < 1.29 is 17.6 Å². The molecule has 0 fully saturated rings. The number of nitrogens with one attached hydrogen (secondary N) is 2. The van der Waals surface area contributed by atoms with E-state index in [1.165, 1.54) is 0 Å². The first-order valence-electron chi connectivity index (χ1n) is 8.97. The summed E-state index contributed by atoms with van der Waals surface area (Å²) in [6.45, 7) is 4.37. The number of carbonyl (C=O) groups excluding carboxylic acids is 1. The number of halogens is 1. The lowest BCUT2D eigenvalue weighted by molar-refractivity contribution is 0.102. The van der Waals surface area contributed by atoms with E-state index in [0.29, 0.717) is 12.2 Å². The number of hydrogen-bond donors (Lipinski definition) is 2. The van der Waals surface area contributed by atoms with Gasteiger partial charge in [0, 0.05) is 31.2 Å². The van der Waals surface area contributed by atoms with Crippen molar-refractivity contribution in [3.05, 3.63) is 77.6 Å². The van der Waals surface area contributed by atoms with E-state index in [0.717, 1.165) is 29.6 Å². The summed E-state index contributed by atoms with van der Waals surface area (Å²) in [6.07, 6.45) is 3.60. The highest BCUT2D eigenvalue weighted by Gasteiger charge is 2.19. The average molecular weight is 416 g/mol. The normalized spacial score (nSPS) is 11.4. The summed E-state index contributed by atoms with van der Waals surface area (Å²) in [5.41, 5.74) is 1.14. The molecule has 0 atom stereocenters. The van der Waals surface area contributed by atoms with E-state index >= 15 is 0 Å². The lowest BCUT2D eigenvalue weighted by Gasteiger charge is -2.10. The van der Waals surface area contributed by atoms with E-state index in [1.54, 1.807) is 25.3 Å². The maximum absolute atomic E-state index is 14.1. The van der Waals surface area contributed by atoms with Gasteiger partial charge in [-0.05, 0) is 42.8 Å². The molecule has 0 saturated heterocycles. The number of aryl methyl sites for hydroxylation is 1. The van der Waals surface area contributed by atoms with Gasteiger partial charge in [0.15, 0.2) is 0 Å². The fourth-order valence-electron chi connectivity index (χ4n) is 2.78. The van der Waals surface area contributed by atoms with Gasteiger partial charge in [-0.25, -0.2) is 22.5 Å². The molecule has 7 nitrogen and oxygen atoms in total. The zero-order chi connectivity index (χ0) is 21.0. The van der Waals surface area contributed by atoms with Crippen LogP contribution in [0.15, 0.2) is 59.8 Å². The Bertz CT molecular complexity index is 1120. The number of rotatable bonds is 7. The van der Waals surface area contributed by atoms with Crippen LogP contribution in [0.2, 0.25) is 0 Å². The molecule has 0 unspecified atom stereocenters. The van der Waals surface area contributed by atoms with E-state index < -0.39 is 21.7 Å². The first-order chi connectivity index (χ1) is 13.8. The van der Waals surface area contributed by atoms with Gasteiger partial charge < -0.3 is 9.88 Å². The van der Waals surface area contributed by atoms with Crippen LogP contribution in [-0.2, 0) is 16.6 Å². The van der Waals surface area contributed by atoms with Crippen molar-refractivity contribution in [2.75, 3.05) is 11.9 Å². The van der Waals surface area contributed by atoms with Gasteiger partial charge in [0.1, 0.15) is 11.6 Å². The quantitative estimate of drug-likeness (QED) is 0.619. The van der Waals surface area contributed by atoms with E-state index in [2.05, 4.69) is 15.0 Å². The standard InChI is InChI=1S/C20H21FN4O3S/c1-3-23-29(27,28)17-8-9-19(21)18(12-17)20(26)24-16-6-4-15(5-7-16)13-25-11-10-22-14(25)2/h4-12,23H,3,13H2,1-2H3,(H,24,26). The second kappa shape index (κ2) is 8.54. The van der Waals surface area contributed by atoms with Crippen LogP contribution in [0.25, 0.3) is 0 Å². The molecule has 0 radical (unpaired) electrons. The SMILES string of the molecule is CCNS(=O)(=O)c1ccc(F)c(C(=O)Nc2ccc(Cn3ccnc3C)cc2)c1. The Labute approximate surface area is 168 Å². The fraction of sp³-hybridized carbons (Fsp3) is 0.200. The van der Waals surface area contributed by atoms with Crippen molar-refractivity contribution in [1.29, 1.82) is 0 Å². The number of aromatic nitrogens is 2. The summed E-state index contributed by atoms with van der Waals surface area (Å²) in [5.74, 6) is -0.635. The Balaban J connectivity index is 1.75. The number of benzene rings is 2. The van der Waals surface area contributed by atoms with Gasteiger partial charge in [0.05, 0.1) is 10.5 Å². The van der Waals surface area contributed by atoms with Crippen molar-refractivity contribution >= 4 is 21.6 Å². The Morgan fingerprint density at radius 1 is 1.17 bits per heavy atom. The minimum Gasteiger partial charge on any atom is -0.331 e. The summed E-state index contributed by atoms with van der Waals surface area (Å²) < 4.78 is 42.6. The van der Waals surface area contributed by atoms with Crippen LogP contribution < -0.4 is 10.0 Å². The zero-order valence-electron chi connectivity index (χ0n) is 16.0. The number of imidazole rings is 1. The lowest BCUT2D eigenvalue weighted by Crippen LogP contribution is -2.24. The molecule has 0 bridgehead atoms. The maximum Gasteiger partial charge on any atom is 0.258 e. The van der Waals surface area contributed by atoms with Gasteiger partial charge >= 0.3 is 0 Å². The van der Waals surface area contributed by atoms with E-state index in [9.17, 15) is 17.6 Å². The van der Waals surface area contributed by atoms with Gasteiger partial charge in [-0.1, -0.05) is 19.1 Å². The molecular weight excluding hydrogens is 395 g/mol. The van der Waals surface area contributed by atoms with E-state index in [1.807, 2.05) is 29.8 Å². The molecule has 1 amide bonds. The highest BCUT2D eigenvalue weighted by atomic mass is 32.2. The van der Waals surface area contributed by atoms with Gasteiger partial charge in [0.2, 0.25) is 10.0 Å². The molecule has 1 aromatic heterocycles. The first-order valence-corrected chi connectivity index (χ1v) is 10.5. The molecule has 0 spiro atoms. The van der Waals surface area contributed by atoms with Crippen molar-refractivity contribution in [3.8, 4) is 0 Å². The molecule has 9 heteroatoms. The number of hydrogen-bond acceptors (Lipinski definition) is 4. The third-order valence-corrected chi connectivity index (χ3v) is 5.86. The smallest absolute Gasteiger partial charge is 0.258 e. The molecule has 1 heterocycles. The fourth-order valence-corrected chi connectivity index (χ4v) is 3.85. The monoisotopic (exact) mass is 416 g/mol. The number of sulfonamides is 1. The summed E-state index contributed by atoms with van der Waals surface area (Å²) in [5, 5.41) is 2.59. The van der Waals surface area contributed by atoms with Crippen LogP contribution in [0, 0.1) is 12.7 Å². The Morgan fingerprint density at radius 2 is 1.90 bits per heavy atom. The first kappa shape index (κ1) is 20.7. The van der Waals surface area contributed by atoms with Gasteiger partial charge in [-0.3, -0.25) is 4.79 Å². The molecule has 2 N–H and O–H groups in total. The highest BCUT2D eigenvalue weighted by Crippen LogP contribution is 2.18. The minimum absolute atomic E-state index is 0.169. The number of amides is 1. The van der Waals surface area contributed by atoms with Crippen molar-refractivity contribution in [2.45, 2.75) is 25.3 Å². The topological polar surface area (TPSA) is 93.1 Å². The molecule has 3 aromatic rings. The third kappa shape index (κ3) is 4.87. The highest BCUT2D eigenvalue weighted by molar-refractivity contribution is 7.89. The second-order valence-electron chi connectivity index (χ2n) is 6.40. The molecule has 0 aliphatic heterocycles. The van der Waals surface area contributed by atoms with Gasteiger partial charge in [-0.2, -0.15) is 0 Å². The molecule has 3 rings (SSSR count). The van der Waals surface area contributed by atoms with Crippen LogP contribution in [-0.4, -0.2) is 30.4 Å². The van der Waals surface area contributed by atoms with Crippen LogP contribution >= 0.6 is 0 Å². The van der Waals surface area contributed by atoms with Crippen LogP contribution in [0.1, 0.15) is 28.7 Å². The van der Waals surface area contributed by atoms with E-state index in [-0.39, 0.29) is 17.0 Å². The maximum atomic E-state index is 14.1. The number of nitrogens with zero attached hydrogens (tertiary/aromatic N) is 2. The van der Waals surface area contributed by atoms with Crippen molar-refractivity contribution in [2.24, 2.45) is 0 Å². The molecule has 29 heavy (non-hydrogen) atoms. The number of anilines is 1. The largest absolute Gasteiger partial charge is 0.331 e. The minimum atomic E-state index is -3.79. The van der Waals surface area contributed by atoms with Crippen LogP contribution in [0.5, 0.6) is 0 Å². The van der Waals surface area contributed by atoms with Gasteiger partial charge in [-0.15, -0.1) is 0 Å². The van der Waals surface area contributed by atoms with Crippen LogP contribution in [0.4, 0.5) is 10.1 Å². The predicted octanol–water partition coefficient (Wildman–Crippen LogP) is 2.93. The van der Waals surface area contributed by atoms with Crippen molar-refractivity contribution in [1.82, 2.24) is 14.3 Å². The molecule has 0 aliphatic rings. The Hall–Kier alpha value is -3.04.